The van der Waals surface area contributed by atoms with Crippen molar-refractivity contribution in [2.24, 2.45) is 0 Å². The van der Waals surface area contributed by atoms with Crippen LogP contribution in [0.4, 0.5) is 5.69 Å². The number of anilines is 1. The lowest BCUT2D eigenvalue weighted by molar-refractivity contribution is -0.116. The molecule has 0 atom stereocenters. The number of amides is 2. The highest BCUT2D eigenvalue weighted by Gasteiger charge is 2.17. The maximum atomic E-state index is 12.0. The van der Waals surface area contributed by atoms with Gasteiger partial charge in [0.25, 0.3) is 5.91 Å². The minimum absolute atomic E-state index is 0.118. The largest absolute Gasteiger partial charge is 0.486 e. The van der Waals surface area contributed by atoms with E-state index in [9.17, 15) is 9.59 Å². The van der Waals surface area contributed by atoms with Gasteiger partial charge in [0.1, 0.15) is 13.2 Å². The highest BCUT2D eigenvalue weighted by Crippen LogP contribution is 2.33. The fourth-order valence-corrected chi connectivity index (χ4v) is 2.55. The van der Waals surface area contributed by atoms with E-state index in [0.717, 1.165) is 0 Å². The Kier molecular flexibility index (Phi) is 5.13. The summed E-state index contributed by atoms with van der Waals surface area (Å²) in [4.78, 5) is 29.5. The number of carbonyl (C=O) groups excluding carboxylic acids is 2. The Balaban J connectivity index is 1.64. The van der Waals surface area contributed by atoms with E-state index in [1.165, 1.54) is 13.1 Å². The van der Waals surface area contributed by atoms with Crippen molar-refractivity contribution < 1.29 is 19.1 Å². The van der Waals surface area contributed by atoms with Crippen LogP contribution in [0.15, 0.2) is 42.7 Å². The Morgan fingerprint density at radius 1 is 1.20 bits per heavy atom. The summed E-state index contributed by atoms with van der Waals surface area (Å²) in [6.45, 7) is 3.16. The SMILES string of the molecule is CC(=O)N(CCNC(=O)c1cccnc1)c1ccc2c(c1)OCCO2. The highest BCUT2D eigenvalue weighted by atomic mass is 16.6. The van der Waals surface area contributed by atoms with E-state index in [1.54, 1.807) is 41.4 Å². The van der Waals surface area contributed by atoms with Crippen molar-refractivity contribution in [3.8, 4) is 11.5 Å². The number of rotatable bonds is 5. The first-order chi connectivity index (χ1) is 12.1. The zero-order chi connectivity index (χ0) is 17.6. The third-order valence-corrected chi connectivity index (χ3v) is 3.76. The number of hydrogen-bond donors (Lipinski definition) is 1. The van der Waals surface area contributed by atoms with Gasteiger partial charge in [0.05, 0.1) is 5.56 Å². The molecular formula is C18H19N3O4. The molecule has 7 nitrogen and oxygen atoms in total. The molecule has 0 aliphatic carbocycles. The van der Waals surface area contributed by atoms with Crippen molar-refractivity contribution in [1.82, 2.24) is 10.3 Å². The van der Waals surface area contributed by atoms with Crippen LogP contribution >= 0.6 is 0 Å². The number of fused-ring (bicyclic) bond motifs is 1. The summed E-state index contributed by atoms with van der Waals surface area (Å²) in [5.74, 6) is 0.948. The molecule has 2 amide bonds. The van der Waals surface area contributed by atoms with Crippen molar-refractivity contribution in [3.05, 3.63) is 48.3 Å². The van der Waals surface area contributed by atoms with Gasteiger partial charge in [-0.05, 0) is 24.3 Å². The van der Waals surface area contributed by atoms with Gasteiger partial charge in [-0.15, -0.1) is 0 Å². The molecule has 1 aromatic carbocycles. The van der Waals surface area contributed by atoms with Gasteiger partial charge in [-0.2, -0.15) is 0 Å². The van der Waals surface area contributed by atoms with Gasteiger partial charge >= 0.3 is 0 Å². The van der Waals surface area contributed by atoms with Crippen LogP contribution in [-0.2, 0) is 4.79 Å². The second-order valence-corrected chi connectivity index (χ2v) is 5.50. The predicted octanol–water partition coefficient (Wildman–Crippen LogP) is 1.64. The quantitative estimate of drug-likeness (QED) is 0.894. The zero-order valence-electron chi connectivity index (χ0n) is 13.9. The van der Waals surface area contributed by atoms with Crippen molar-refractivity contribution in [2.75, 3.05) is 31.2 Å². The summed E-state index contributed by atoms with van der Waals surface area (Å²) in [6, 6.07) is 8.75. The van der Waals surface area contributed by atoms with Crippen LogP contribution in [0.25, 0.3) is 0 Å². The number of benzene rings is 1. The molecule has 0 saturated carbocycles. The third kappa shape index (κ3) is 4.06. The highest BCUT2D eigenvalue weighted by molar-refractivity contribution is 5.94. The lowest BCUT2D eigenvalue weighted by Crippen LogP contribution is -2.37. The molecule has 25 heavy (non-hydrogen) atoms. The zero-order valence-corrected chi connectivity index (χ0v) is 13.9. The van der Waals surface area contributed by atoms with Gasteiger partial charge < -0.3 is 19.7 Å². The maximum Gasteiger partial charge on any atom is 0.252 e. The number of aromatic nitrogens is 1. The molecule has 2 aromatic rings. The number of nitrogens with one attached hydrogen (secondary N) is 1. The first-order valence-corrected chi connectivity index (χ1v) is 8.01. The van der Waals surface area contributed by atoms with Crippen molar-refractivity contribution in [3.63, 3.8) is 0 Å². The molecule has 1 aliphatic heterocycles. The maximum absolute atomic E-state index is 12.0. The van der Waals surface area contributed by atoms with Gasteiger partial charge in [0, 0.05) is 44.2 Å². The van der Waals surface area contributed by atoms with Crippen LogP contribution in [0, 0.1) is 0 Å². The Hall–Kier alpha value is -3.09. The van der Waals surface area contributed by atoms with Gasteiger partial charge in [-0.25, -0.2) is 0 Å². The van der Waals surface area contributed by atoms with Gasteiger partial charge in [-0.1, -0.05) is 0 Å². The molecule has 0 radical (unpaired) electrons. The second kappa shape index (κ2) is 7.65. The number of pyridine rings is 1. The predicted molar refractivity (Wildman–Crippen MR) is 92.0 cm³/mol. The van der Waals surface area contributed by atoms with Crippen LogP contribution in [0.5, 0.6) is 11.5 Å². The number of carbonyl (C=O) groups is 2. The van der Waals surface area contributed by atoms with E-state index >= 15 is 0 Å². The van der Waals surface area contributed by atoms with Gasteiger partial charge in [-0.3, -0.25) is 14.6 Å². The molecule has 0 saturated heterocycles. The number of ether oxygens (including phenoxy) is 2. The van der Waals surface area contributed by atoms with Crippen LogP contribution < -0.4 is 19.7 Å². The summed E-state index contributed by atoms with van der Waals surface area (Å²) in [5, 5.41) is 2.79. The molecule has 1 aromatic heterocycles. The lowest BCUT2D eigenvalue weighted by atomic mass is 10.2. The first kappa shape index (κ1) is 16.8. The summed E-state index contributed by atoms with van der Waals surface area (Å²) in [7, 11) is 0. The molecule has 1 aliphatic rings. The molecule has 0 unspecified atom stereocenters. The average Bonchev–Trinajstić information content (AvgIpc) is 2.65. The minimum Gasteiger partial charge on any atom is -0.486 e. The standard InChI is InChI=1S/C18H19N3O4/c1-13(22)21(8-7-20-18(23)14-3-2-6-19-12-14)15-4-5-16-17(11-15)25-10-9-24-16/h2-6,11-12H,7-10H2,1H3,(H,20,23). The van der Waals surface area contributed by atoms with E-state index in [0.29, 0.717) is 49.1 Å². The molecule has 130 valence electrons. The summed E-state index contributed by atoms with van der Waals surface area (Å²) in [6.07, 6.45) is 3.11. The van der Waals surface area contributed by atoms with Crippen molar-refractivity contribution in [1.29, 1.82) is 0 Å². The molecule has 1 N–H and O–H groups in total. The topological polar surface area (TPSA) is 80.8 Å². The normalized spacial score (nSPS) is 12.4. The first-order valence-electron chi connectivity index (χ1n) is 8.01. The monoisotopic (exact) mass is 341 g/mol. The van der Waals surface area contributed by atoms with Crippen LogP contribution in [0.3, 0.4) is 0 Å². The number of nitrogens with zero attached hydrogens (tertiary/aromatic N) is 2. The van der Waals surface area contributed by atoms with E-state index in [2.05, 4.69) is 10.3 Å². The molecule has 0 spiro atoms. The second-order valence-electron chi connectivity index (χ2n) is 5.50. The smallest absolute Gasteiger partial charge is 0.252 e. The number of hydrogen-bond acceptors (Lipinski definition) is 5. The van der Waals surface area contributed by atoms with Crippen LogP contribution in [0.1, 0.15) is 17.3 Å². The van der Waals surface area contributed by atoms with Gasteiger partial charge in [0.2, 0.25) is 5.91 Å². The summed E-state index contributed by atoms with van der Waals surface area (Å²) < 4.78 is 11.0. The van der Waals surface area contributed by atoms with Crippen molar-refractivity contribution in [2.45, 2.75) is 6.92 Å². The fourth-order valence-electron chi connectivity index (χ4n) is 2.55. The van der Waals surface area contributed by atoms with Crippen molar-refractivity contribution >= 4 is 17.5 Å². The van der Waals surface area contributed by atoms with Crippen LogP contribution in [0.2, 0.25) is 0 Å². The summed E-state index contributed by atoms with van der Waals surface area (Å²) >= 11 is 0. The van der Waals surface area contributed by atoms with E-state index < -0.39 is 0 Å². The van der Waals surface area contributed by atoms with E-state index in [4.69, 9.17) is 9.47 Å². The Morgan fingerprint density at radius 3 is 2.72 bits per heavy atom. The average molecular weight is 341 g/mol. The summed E-state index contributed by atoms with van der Waals surface area (Å²) in [5.41, 5.74) is 1.18. The van der Waals surface area contributed by atoms with Gasteiger partial charge in [0.15, 0.2) is 11.5 Å². The fraction of sp³-hybridized carbons (Fsp3) is 0.278. The molecule has 3 rings (SSSR count). The lowest BCUT2D eigenvalue weighted by Gasteiger charge is -2.24. The van der Waals surface area contributed by atoms with Crippen LogP contribution in [-0.4, -0.2) is 43.1 Å². The molecule has 0 bridgehead atoms. The Labute approximate surface area is 145 Å². The third-order valence-electron chi connectivity index (χ3n) is 3.76. The Morgan fingerprint density at radius 2 is 2.00 bits per heavy atom. The van der Waals surface area contributed by atoms with E-state index in [1.807, 2.05) is 0 Å². The Bertz CT molecular complexity index is 764. The minimum atomic E-state index is -0.223. The molecule has 2 heterocycles. The molecule has 0 fully saturated rings. The van der Waals surface area contributed by atoms with E-state index in [-0.39, 0.29) is 11.8 Å². The molecule has 7 heteroatoms. The molecular weight excluding hydrogens is 322 g/mol.